The van der Waals surface area contributed by atoms with Crippen LogP contribution in [0.1, 0.15) is 55.1 Å². The fourth-order valence-electron chi connectivity index (χ4n) is 2.22. The van der Waals surface area contributed by atoms with Crippen molar-refractivity contribution in [3.8, 4) is 0 Å². The fourth-order valence-corrected chi connectivity index (χ4v) is 2.22. The zero-order chi connectivity index (χ0) is 16.0. The first-order valence-electron chi connectivity index (χ1n) is 7.09. The molecule has 0 aliphatic heterocycles. The smallest absolute Gasteiger partial charge is 0.328 e. The molecule has 1 amide bonds. The average molecular weight is 289 g/mol. The van der Waals surface area contributed by atoms with Crippen LogP contribution in [0.2, 0.25) is 0 Å². The minimum atomic E-state index is -1.01. The van der Waals surface area contributed by atoms with Gasteiger partial charge in [0.1, 0.15) is 0 Å². The number of aryl methyl sites for hydroxylation is 1. The second kappa shape index (κ2) is 7.07. The molecule has 4 nitrogen and oxygen atoms in total. The van der Waals surface area contributed by atoms with Crippen LogP contribution in [0.15, 0.2) is 24.3 Å². The van der Waals surface area contributed by atoms with Gasteiger partial charge < -0.3 is 10.4 Å². The van der Waals surface area contributed by atoms with Gasteiger partial charge in [-0.3, -0.25) is 4.79 Å². The molecule has 1 rings (SSSR count). The SMILES string of the molecule is CCCC(C)(C)NC(=O)c1cc(/C=C/C(=O)O)ccc1C. The van der Waals surface area contributed by atoms with Gasteiger partial charge in [0.05, 0.1) is 0 Å². The molecule has 0 unspecified atom stereocenters. The summed E-state index contributed by atoms with van der Waals surface area (Å²) >= 11 is 0. The van der Waals surface area contributed by atoms with Gasteiger partial charge in [0.25, 0.3) is 5.91 Å². The quantitative estimate of drug-likeness (QED) is 0.789. The zero-order valence-corrected chi connectivity index (χ0v) is 13.1. The van der Waals surface area contributed by atoms with E-state index in [0.717, 1.165) is 24.5 Å². The monoisotopic (exact) mass is 289 g/mol. The molecule has 0 aromatic heterocycles. The molecule has 0 heterocycles. The number of amides is 1. The first kappa shape index (κ1) is 17.0. The number of benzene rings is 1. The number of aliphatic carboxylic acids is 1. The molecular weight excluding hydrogens is 266 g/mol. The van der Waals surface area contributed by atoms with Crippen molar-refractivity contribution in [1.82, 2.24) is 5.32 Å². The molecule has 0 fully saturated rings. The van der Waals surface area contributed by atoms with Crippen LogP contribution < -0.4 is 5.32 Å². The van der Waals surface area contributed by atoms with Crippen molar-refractivity contribution >= 4 is 18.0 Å². The maximum absolute atomic E-state index is 12.4. The highest BCUT2D eigenvalue weighted by molar-refractivity contribution is 5.97. The molecule has 4 heteroatoms. The van der Waals surface area contributed by atoms with Gasteiger partial charge >= 0.3 is 5.97 Å². The normalized spacial score (nSPS) is 11.6. The van der Waals surface area contributed by atoms with Crippen LogP contribution in [-0.2, 0) is 4.79 Å². The summed E-state index contributed by atoms with van der Waals surface area (Å²) in [5.74, 6) is -1.14. The average Bonchev–Trinajstić information content (AvgIpc) is 2.36. The van der Waals surface area contributed by atoms with Crippen molar-refractivity contribution in [3.05, 3.63) is 41.0 Å². The predicted molar refractivity (Wildman–Crippen MR) is 84.3 cm³/mol. The van der Waals surface area contributed by atoms with Gasteiger partial charge in [-0.2, -0.15) is 0 Å². The van der Waals surface area contributed by atoms with Crippen LogP contribution in [-0.4, -0.2) is 22.5 Å². The molecule has 114 valence electrons. The van der Waals surface area contributed by atoms with Crippen molar-refractivity contribution in [1.29, 1.82) is 0 Å². The Hall–Kier alpha value is -2.10. The second-order valence-corrected chi connectivity index (χ2v) is 5.83. The minimum Gasteiger partial charge on any atom is -0.478 e. The molecule has 2 N–H and O–H groups in total. The van der Waals surface area contributed by atoms with E-state index >= 15 is 0 Å². The van der Waals surface area contributed by atoms with Crippen LogP contribution in [0.5, 0.6) is 0 Å². The Morgan fingerprint density at radius 1 is 1.33 bits per heavy atom. The molecule has 0 saturated carbocycles. The van der Waals surface area contributed by atoms with Crippen molar-refractivity contribution in [2.75, 3.05) is 0 Å². The van der Waals surface area contributed by atoms with E-state index in [9.17, 15) is 9.59 Å². The number of carboxylic acids is 1. The number of rotatable bonds is 6. The van der Waals surface area contributed by atoms with Gasteiger partial charge in [-0.1, -0.05) is 25.5 Å². The molecule has 1 aromatic carbocycles. The molecule has 0 spiro atoms. The van der Waals surface area contributed by atoms with E-state index in [2.05, 4.69) is 12.2 Å². The maximum atomic E-state index is 12.4. The summed E-state index contributed by atoms with van der Waals surface area (Å²) in [6.07, 6.45) is 4.44. The van der Waals surface area contributed by atoms with Gasteiger partial charge in [0, 0.05) is 17.2 Å². The van der Waals surface area contributed by atoms with Crippen molar-refractivity contribution in [3.63, 3.8) is 0 Å². The lowest BCUT2D eigenvalue weighted by molar-refractivity contribution is -0.131. The summed E-state index contributed by atoms with van der Waals surface area (Å²) in [5, 5.41) is 11.7. The molecule has 0 aliphatic carbocycles. The van der Waals surface area contributed by atoms with Crippen LogP contribution >= 0.6 is 0 Å². The number of hydrogen-bond acceptors (Lipinski definition) is 2. The first-order valence-corrected chi connectivity index (χ1v) is 7.09. The summed E-state index contributed by atoms with van der Waals surface area (Å²) in [5.41, 5.74) is 1.88. The van der Waals surface area contributed by atoms with E-state index in [1.165, 1.54) is 6.08 Å². The highest BCUT2D eigenvalue weighted by Crippen LogP contribution is 2.16. The van der Waals surface area contributed by atoms with E-state index < -0.39 is 5.97 Å². The topological polar surface area (TPSA) is 66.4 Å². The Morgan fingerprint density at radius 2 is 2.00 bits per heavy atom. The summed E-state index contributed by atoms with van der Waals surface area (Å²) in [6.45, 7) is 7.94. The van der Waals surface area contributed by atoms with Crippen LogP contribution in [0.4, 0.5) is 0 Å². The number of carbonyl (C=O) groups excluding carboxylic acids is 1. The summed E-state index contributed by atoms with van der Waals surface area (Å²) < 4.78 is 0. The third-order valence-corrected chi connectivity index (χ3v) is 3.25. The van der Waals surface area contributed by atoms with E-state index in [4.69, 9.17) is 5.11 Å². The number of hydrogen-bond donors (Lipinski definition) is 2. The zero-order valence-electron chi connectivity index (χ0n) is 13.1. The Labute approximate surface area is 125 Å². The molecule has 0 radical (unpaired) electrons. The van der Waals surface area contributed by atoms with E-state index in [1.807, 2.05) is 26.8 Å². The highest BCUT2D eigenvalue weighted by Gasteiger charge is 2.21. The fraction of sp³-hybridized carbons (Fsp3) is 0.412. The number of nitrogens with one attached hydrogen (secondary N) is 1. The van der Waals surface area contributed by atoms with Crippen molar-refractivity contribution in [2.45, 2.75) is 46.1 Å². The predicted octanol–water partition coefficient (Wildman–Crippen LogP) is 3.40. The Bertz CT molecular complexity index is 559. The van der Waals surface area contributed by atoms with Gasteiger partial charge in [0.2, 0.25) is 0 Å². The van der Waals surface area contributed by atoms with Crippen LogP contribution in [0, 0.1) is 6.92 Å². The molecule has 0 aliphatic rings. The van der Waals surface area contributed by atoms with Crippen LogP contribution in [0.3, 0.4) is 0 Å². The Kier molecular flexibility index (Phi) is 5.70. The maximum Gasteiger partial charge on any atom is 0.328 e. The molecule has 1 aromatic rings. The highest BCUT2D eigenvalue weighted by atomic mass is 16.4. The molecule has 21 heavy (non-hydrogen) atoms. The number of carbonyl (C=O) groups is 2. The molecule has 0 bridgehead atoms. The Morgan fingerprint density at radius 3 is 2.57 bits per heavy atom. The summed E-state index contributed by atoms with van der Waals surface area (Å²) in [4.78, 5) is 22.9. The van der Waals surface area contributed by atoms with Crippen molar-refractivity contribution in [2.24, 2.45) is 0 Å². The second-order valence-electron chi connectivity index (χ2n) is 5.83. The Balaban J connectivity index is 2.98. The van der Waals surface area contributed by atoms with Gasteiger partial charge in [-0.05, 0) is 50.5 Å². The van der Waals surface area contributed by atoms with Gasteiger partial charge in [-0.15, -0.1) is 0 Å². The number of carboxylic acid groups (broad SMARTS) is 1. The minimum absolute atomic E-state index is 0.128. The molecule has 0 atom stereocenters. The largest absolute Gasteiger partial charge is 0.478 e. The third kappa shape index (κ3) is 5.42. The molecule has 0 saturated heterocycles. The lowest BCUT2D eigenvalue weighted by atomic mass is 9.97. The summed E-state index contributed by atoms with van der Waals surface area (Å²) in [6, 6.07) is 5.33. The van der Waals surface area contributed by atoms with Gasteiger partial charge in [-0.25, -0.2) is 4.79 Å². The molecular formula is C17H23NO3. The van der Waals surface area contributed by atoms with E-state index in [1.54, 1.807) is 12.1 Å². The lowest BCUT2D eigenvalue weighted by Crippen LogP contribution is -2.43. The van der Waals surface area contributed by atoms with E-state index in [0.29, 0.717) is 11.1 Å². The van der Waals surface area contributed by atoms with Crippen molar-refractivity contribution < 1.29 is 14.7 Å². The van der Waals surface area contributed by atoms with Crippen LogP contribution in [0.25, 0.3) is 6.08 Å². The summed E-state index contributed by atoms with van der Waals surface area (Å²) in [7, 11) is 0. The first-order chi connectivity index (χ1) is 9.75. The van der Waals surface area contributed by atoms with E-state index in [-0.39, 0.29) is 11.4 Å². The third-order valence-electron chi connectivity index (χ3n) is 3.25. The standard InChI is InChI=1S/C17H23NO3/c1-5-10-17(3,4)18-16(21)14-11-13(7-6-12(14)2)8-9-15(19)20/h6-9,11H,5,10H2,1-4H3,(H,18,21)(H,19,20)/b9-8+. The van der Waals surface area contributed by atoms with Gasteiger partial charge in [0.15, 0.2) is 0 Å². The lowest BCUT2D eigenvalue weighted by Gasteiger charge is -2.26.